The van der Waals surface area contributed by atoms with Crippen LogP contribution in [-0.2, 0) is 30.6 Å². The van der Waals surface area contributed by atoms with E-state index < -0.39 is 0 Å². The Hall–Kier alpha value is -3.86. The van der Waals surface area contributed by atoms with Crippen molar-refractivity contribution in [3.05, 3.63) is 108 Å². The van der Waals surface area contributed by atoms with Crippen LogP contribution >= 0.6 is 0 Å². The van der Waals surface area contributed by atoms with Gasteiger partial charge in [-0.05, 0) is 54.7 Å². The molecule has 180 valence electrons. The van der Waals surface area contributed by atoms with Crippen LogP contribution in [0.4, 0.5) is 0 Å². The predicted molar refractivity (Wildman–Crippen MR) is 142 cm³/mol. The summed E-state index contributed by atoms with van der Waals surface area (Å²) in [7, 11) is 0. The van der Waals surface area contributed by atoms with Crippen molar-refractivity contribution in [2.45, 2.75) is 39.2 Å². The summed E-state index contributed by atoms with van der Waals surface area (Å²) < 4.78 is 8.37. The van der Waals surface area contributed by atoms with E-state index in [0.717, 1.165) is 58.6 Å². The first-order valence-corrected chi connectivity index (χ1v) is 12.2. The molecule has 0 spiro atoms. The molecule has 4 aromatic rings. The molecule has 5 heteroatoms. The van der Waals surface area contributed by atoms with Gasteiger partial charge in [-0.2, -0.15) is 0 Å². The third-order valence-corrected chi connectivity index (χ3v) is 6.15. The van der Waals surface area contributed by atoms with Gasteiger partial charge in [-0.25, -0.2) is 4.98 Å². The number of para-hydroxylation sites is 3. The lowest BCUT2D eigenvalue weighted by atomic mass is 10.1. The van der Waals surface area contributed by atoms with Gasteiger partial charge in [0.25, 0.3) is 0 Å². The van der Waals surface area contributed by atoms with Crippen molar-refractivity contribution in [2.75, 3.05) is 13.2 Å². The lowest BCUT2D eigenvalue weighted by Crippen LogP contribution is -2.26. The van der Waals surface area contributed by atoms with Crippen LogP contribution in [0.15, 0.2) is 85.5 Å². The maximum absolute atomic E-state index is 12.4. The van der Waals surface area contributed by atoms with Crippen molar-refractivity contribution in [3.63, 3.8) is 0 Å². The first-order chi connectivity index (χ1) is 17.2. The number of carbonyl (C=O) groups excluding carboxylic acids is 1. The first-order valence-electron chi connectivity index (χ1n) is 12.2. The van der Waals surface area contributed by atoms with Crippen molar-refractivity contribution in [1.82, 2.24) is 14.9 Å². The number of nitrogens with zero attached hydrogens (tertiary/aromatic N) is 2. The fourth-order valence-electron chi connectivity index (χ4n) is 4.30. The number of imidazole rings is 1. The maximum atomic E-state index is 12.4. The van der Waals surface area contributed by atoms with Gasteiger partial charge in [-0.1, -0.05) is 60.7 Å². The van der Waals surface area contributed by atoms with Gasteiger partial charge < -0.3 is 14.6 Å². The van der Waals surface area contributed by atoms with Crippen LogP contribution in [0.3, 0.4) is 0 Å². The molecule has 0 fully saturated rings. The molecular formula is C30H33N3O2. The third kappa shape index (κ3) is 6.38. The van der Waals surface area contributed by atoms with E-state index in [1.54, 1.807) is 0 Å². The number of ether oxygens (including phenoxy) is 1. The number of benzene rings is 3. The van der Waals surface area contributed by atoms with Crippen LogP contribution in [0.25, 0.3) is 11.0 Å². The minimum atomic E-state index is 0.0550. The van der Waals surface area contributed by atoms with E-state index in [2.05, 4.69) is 28.6 Å². The molecule has 3 aromatic carbocycles. The van der Waals surface area contributed by atoms with Crippen molar-refractivity contribution < 1.29 is 9.53 Å². The Labute approximate surface area is 207 Å². The van der Waals surface area contributed by atoms with Gasteiger partial charge in [0, 0.05) is 13.0 Å². The summed E-state index contributed by atoms with van der Waals surface area (Å²) in [4.78, 5) is 17.2. The van der Waals surface area contributed by atoms with Gasteiger partial charge in [0.2, 0.25) is 5.91 Å². The van der Waals surface area contributed by atoms with E-state index in [1.807, 2.05) is 73.7 Å². The van der Waals surface area contributed by atoms with Crippen molar-refractivity contribution in [2.24, 2.45) is 0 Å². The highest BCUT2D eigenvalue weighted by molar-refractivity contribution is 5.79. The number of hydrogen-bond acceptors (Lipinski definition) is 3. The lowest BCUT2D eigenvalue weighted by Gasteiger charge is -2.13. The first kappa shape index (κ1) is 24.3. The zero-order chi connectivity index (χ0) is 24.5. The average molecular weight is 468 g/mol. The Bertz CT molecular complexity index is 1290. The van der Waals surface area contributed by atoms with Crippen LogP contribution in [-0.4, -0.2) is 28.6 Å². The van der Waals surface area contributed by atoms with Gasteiger partial charge >= 0.3 is 0 Å². The Morgan fingerprint density at radius 2 is 1.77 bits per heavy atom. The molecule has 35 heavy (non-hydrogen) atoms. The van der Waals surface area contributed by atoms with Gasteiger partial charge in [-0.15, -0.1) is 6.58 Å². The Kier molecular flexibility index (Phi) is 8.34. The normalized spacial score (nSPS) is 10.9. The smallest absolute Gasteiger partial charge is 0.224 e. The standard InChI is InChI=1S/C30H33N3O2/c1-3-11-24-13-6-9-17-28(24)35-21-20-33-27-16-8-7-15-26(27)32-29(33)18-10-19-31-30(34)22-25-14-5-4-12-23(25)2/h3-9,12-17H,1,10-11,18-22H2,2H3,(H,31,34). The van der Waals surface area contributed by atoms with E-state index in [4.69, 9.17) is 9.72 Å². The van der Waals surface area contributed by atoms with Gasteiger partial charge in [0.1, 0.15) is 18.2 Å². The fraction of sp³-hybridized carbons (Fsp3) is 0.267. The van der Waals surface area contributed by atoms with Crippen LogP contribution in [0.1, 0.15) is 28.9 Å². The van der Waals surface area contributed by atoms with E-state index in [0.29, 0.717) is 26.1 Å². The summed E-state index contributed by atoms with van der Waals surface area (Å²) in [5.74, 6) is 1.97. The molecule has 0 radical (unpaired) electrons. The molecule has 0 aliphatic carbocycles. The Balaban J connectivity index is 1.35. The topological polar surface area (TPSA) is 56.1 Å². The molecule has 0 unspecified atom stereocenters. The second-order valence-electron chi connectivity index (χ2n) is 8.67. The highest BCUT2D eigenvalue weighted by Crippen LogP contribution is 2.20. The number of nitrogens with one attached hydrogen (secondary N) is 1. The number of amides is 1. The zero-order valence-corrected chi connectivity index (χ0v) is 20.4. The molecule has 1 aromatic heterocycles. The quantitative estimate of drug-likeness (QED) is 0.223. The summed E-state index contributed by atoms with van der Waals surface area (Å²) in [5.41, 5.74) is 5.44. The monoisotopic (exact) mass is 467 g/mol. The fourth-order valence-corrected chi connectivity index (χ4v) is 4.30. The van der Waals surface area contributed by atoms with E-state index in [1.165, 1.54) is 0 Å². The maximum Gasteiger partial charge on any atom is 0.224 e. The lowest BCUT2D eigenvalue weighted by molar-refractivity contribution is -0.120. The predicted octanol–water partition coefficient (Wildman–Crippen LogP) is 5.44. The van der Waals surface area contributed by atoms with E-state index in [-0.39, 0.29) is 5.91 Å². The molecule has 0 bridgehead atoms. The number of fused-ring (bicyclic) bond motifs is 1. The number of allylic oxidation sites excluding steroid dienone is 1. The second-order valence-corrected chi connectivity index (χ2v) is 8.67. The SMILES string of the molecule is C=CCc1ccccc1OCCn1c(CCCNC(=O)Cc2ccccc2C)nc2ccccc21. The molecule has 0 saturated carbocycles. The van der Waals surface area contributed by atoms with E-state index >= 15 is 0 Å². The summed E-state index contributed by atoms with van der Waals surface area (Å²) in [5, 5.41) is 3.06. The molecule has 0 aliphatic heterocycles. The number of rotatable bonds is 12. The minimum absolute atomic E-state index is 0.0550. The Morgan fingerprint density at radius 3 is 2.60 bits per heavy atom. The second kappa shape index (κ2) is 12.0. The summed E-state index contributed by atoms with van der Waals surface area (Å²) in [6, 6.07) is 24.3. The van der Waals surface area contributed by atoms with Gasteiger partial charge in [0.05, 0.1) is 24.0 Å². The number of hydrogen-bond donors (Lipinski definition) is 1. The van der Waals surface area contributed by atoms with Crippen LogP contribution in [0.2, 0.25) is 0 Å². The van der Waals surface area contributed by atoms with E-state index in [9.17, 15) is 4.79 Å². The molecule has 0 atom stereocenters. The van der Waals surface area contributed by atoms with Gasteiger partial charge in [0.15, 0.2) is 0 Å². The number of aryl methyl sites for hydroxylation is 2. The number of aromatic nitrogens is 2. The van der Waals surface area contributed by atoms with Crippen LogP contribution < -0.4 is 10.1 Å². The average Bonchev–Trinajstić information content (AvgIpc) is 3.22. The molecule has 0 saturated heterocycles. The summed E-state index contributed by atoms with van der Waals surface area (Å²) >= 11 is 0. The van der Waals surface area contributed by atoms with Crippen molar-refractivity contribution >= 4 is 16.9 Å². The molecule has 5 nitrogen and oxygen atoms in total. The highest BCUT2D eigenvalue weighted by Gasteiger charge is 2.12. The largest absolute Gasteiger partial charge is 0.491 e. The molecule has 1 N–H and O–H groups in total. The molecule has 4 rings (SSSR count). The molecule has 1 heterocycles. The zero-order valence-electron chi connectivity index (χ0n) is 20.4. The third-order valence-electron chi connectivity index (χ3n) is 6.15. The molecular weight excluding hydrogens is 434 g/mol. The van der Waals surface area contributed by atoms with Crippen molar-refractivity contribution in [1.29, 1.82) is 0 Å². The minimum Gasteiger partial charge on any atom is -0.491 e. The Morgan fingerprint density at radius 1 is 1.03 bits per heavy atom. The summed E-state index contributed by atoms with van der Waals surface area (Å²) in [6.07, 6.45) is 4.70. The molecule has 0 aliphatic rings. The number of carbonyl (C=O) groups is 1. The van der Waals surface area contributed by atoms with Crippen molar-refractivity contribution in [3.8, 4) is 5.75 Å². The van der Waals surface area contributed by atoms with Crippen LogP contribution in [0.5, 0.6) is 5.75 Å². The summed E-state index contributed by atoms with van der Waals surface area (Å²) in [6.45, 7) is 7.76. The van der Waals surface area contributed by atoms with Crippen LogP contribution in [0, 0.1) is 6.92 Å². The highest BCUT2D eigenvalue weighted by atomic mass is 16.5. The van der Waals surface area contributed by atoms with Gasteiger partial charge in [-0.3, -0.25) is 4.79 Å². The molecule has 1 amide bonds.